The molecule has 0 aliphatic heterocycles. The second kappa shape index (κ2) is 5.75. The van der Waals surface area contributed by atoms with Crippen LogP contribution in [0.2, 0.25) is 0 Å². The molecule has 2 rings (SSSR count). The van der Waals surface area contributed by atoms with E-state index >= 15 is 0 Å². The van der Waals surface area contributed by atoms with Crippen LogP contribution in [0.15, 0.2) is 34.6 Å². The van der Waals surface area contributed by atoms with E-state index in [1.54, 1.807) is 16.8 Å². The SMILES string of the molecule is CCNC(=O)c1ccc(Sc2ncnn2C)c(N)c1. The van der Waals surface area contributed by atoms with Crippen molar-refractivity contribution in [1.82, 2.24) is 20.1 Å². The van der Waals surface area contributed by atoms with Gasteiger partial charge in [0.1, 0.15) is 6.33 Å². The molecule has 0 unspecified atom stereocenters. The van der Waals surface area contributed by atoms with Crippen LogP contribution in [0.1, 0.15) is 17.3 Å². The topological polar surface area (TPSA) is 85.8 Å². The van der Waals surface area contributed by atoms with Gasteiger partial charge in [-0.15, -0.1) is 0 Å². The van der Waals surface area contributed by atoms with E-state index in [1.807, 2.05) is 20.0 Å². The Bertz CT molecular complexity index is 596. The predicted octanol–water partition coefficient (Wildman–Crippen LogP) is 1.30. The zero-order valence-electron chi connectivity index (χ0n) is 10.8. The third-order valence-corrected chi connectivity index (χ3v) is 3.62. The smallest absolute Gasteiger partial charge is 0.251 e. The quantitative estimate of drug-likeness (QED) is 0.823. The molecule has 0 fully saturated rings. The molecule has 1 amide bonds. The summed E-state index contributed by atoms with van der Waals surface area (Å²) in [5, 5.41) is 7.48. The summed E-state index contributed by atoms with van der Waals surface area (Å²) >= 11 is 1.41. The summed E-state index contributed by atoms with van der Waals surface area (Å²) in [6.45, 7) is 2.47. The molecule has 1 heterocycles. The number of aromatic nitrogens is 3. The van der Waals surface area contributed by atoms with Crippen molar-refractivity contribution in [3.05, 3.63) is 30.1 Å². The molecule has 19 heavy (non-hydrogen) atoms. The van der Waals surface area contributed by atoms with Crippen LogP contribution in [-0.2, 0) is 7.05 Å². The minimum atomic E-state index is -0.121. The molecule has 7 heteroatoms. The van der Waals surface area contributed by atoms with Gasteiger partial charge in [0.25, 0.3) is 5.91 Å². The van der Waals surface area contributed by atoms with Crippen molar-refractivity contribution in [3.8, 4) is 0 Å². The number of carbonyl (C=O) groups excluding carboxylic acids is 1. The molecule has 3 N–H and O–H groups in total. The molecule has 0 spiro atoms. The lowest BCUT2D eigenvalue weighted by Crippen LogP contribution is -2.22. The van der Waals surface area contributed by atoms with E-state index in [2.05, 4.69) is 15.4 Å². The fourth-order valence-corrected chi connectivity index (χ4v) is 2.31. The van der Waals surface area contributed by atoms with Crippen LogP contribution in [0.5, 0.6) is 0 Å². The average molecular weight is 277 g/mol. The maximum Gasteiger partial charge on any atom is 0.251 e. The molecular formula is C12H15N5OS. The third kappa shape index (κ3) is 3.05. The zero-order chi connectivity index (χ0) is 13.8. The number of nitrogens with two attached hydrogens (primary N) is 1. The maximum atomic E-state index is 11.7. The second-order valence-corrected chi connectivity index (χ2v) is 4.89. The molecule has 100 valence electrons. The minimum Gasteiger partial charge on any atom is -0.398 e. The standard InChI is InChI=1S/C12H15N5OS/c1-3-14-11(18)8-4-5-10(9(13)6-8)19-12-15-7-16-17(12)2/h4-7H,3,13H2,1-2H3,(H,14,18). The van der Waals surface area contributed by atoms with Crippen molar-refractivity contribution in [3.63, 3.8) is 0 Å². The molecule has 6 nitrogen and oxygen atoms in total. The lowest BCUT2D eigenvalue weighted by Gasteiger charge is -2.07. The van der Waals surface area contributed by atoms with E-state index in [1.165, 1.54) is 18.1 Å². The number of hydrogen-bond donors (Lipinski definition) is 2. The number of nitrogens with one attached hydrogen (secondary N) is 1. The number of rotatable bonds is 4. The Labute approximate surface area is 115 Å². The summed E-state index contributed by atoms with van der Waals surface area (Å²) in [4.78, 5) is 16.6. The number of amides is 1. The largest absolute Gasteiger partial charge is 0.398 e. The highest BCUT2D eigenvalue weighted by Gasteiger charge is 2.10. The highest BCUT2D eigenvalue weighted by molar-refractivity contribution is 7.99. The Morgan fingerprint density at radius 3 is 2.89 bits per heavy atom. The number of nitrogen functional groups attached to an aromatic ring is 1. The Kier molecular flexibility index (Phi) is 4.06. The molecular weight excluding hydrogens is 262 g/mol. The summed E-state index contributed by atoms with van der Waals surface area (Å²) in [5.41, 5.74) is 7.07. The second-order valence-electron chi connectivity index (χ2n) is 3.88. The first-order chi connectivity index (χ1) is 9.11. The van der Waals surface area contributed by atoms with Crippen LogP contribution in [0.4, 0.5) is 5.69 Å². The van der Waals surface area contributed by atoms with E-state index in [4.69, 9.17) is 5.73 Å². The van der Waals surface area contributed by atoms with Gasteiger partial charge in [-0.1, -0.05) is 0 Å². The van der Waals surface area contributed by atoms with Gasteiger partial charge in [0, 0.05) is 29.7 Å². The average Bonchev–Trinajstić information content (AvgIpc) is 2.78. The van der Waals surface area contributed by atoms with E-state index in [-0.39, 0.29) is 5.91 Å². The fraction of sp³-hybridized carbons (Fsp3) is 0.250. The van der Waals surface area contributed by atoms with Crippen LogP contribution >= 0.6 is 11.8 Å². The van der Waals surface area contributed by atoms with Gasteiger partial charge in [-0.05, 0) is 36.9 Å². The number of nitrogens with zero attached hydrogens (tertiary/aromatic N) is 3. The number of benzene rings is 1. The van der Waals surface area contributed by atoms with Gasteiger partial charge in [-0.3, -0.25) is 4.79 Å². The number of aryl methyl sites for hydroxylation is 1. The third-order valence-electron chi connectivity index (χ3n) is 2.48. The van der Waals surface area contributed by atoms with Gasteiger partial charge >= 0.3 is 0 Å². The first-order valence-corrected chi connectivity index (χ1v) is 6.63. The van der Waals surface area contributed by atoms with Crippen LogP contribution in [0, 0.1) is 0 Å². The molecule has 0 saturated carbocycles. The Hall–Kier alpha value is -2.02. The van der Waals surface area contributed by atoms with Crippen molar-refractivity contribution in [2.24, 2.45) is 7.05 Å². The molecule has 2 aromatic rings. The highest BCUT2D eigenvalue weighted by Crippen LogP contribution is 2.30. The summed E-state index contributed by atoms with van der Waals surface area (Å²) in [5.74, 6) is -0.121. The van der Waals surface area contributed by atoms with Crippen LogP contribution in [-0.4, -0.2) is 27.2 Å². The lowest BCUT2D eigenvalue weighted by molar-refractivity contribution is 0.0956. The van der Waals surface area contributed by atoms with E-state index in [9.17, 15) is 4.79 Å². The highest BCUT2D eigenvalue weighted by atomic mass is 32.2. The first-order valence-electron chi connectivity index (χ1n) is 5.81. The Morgan fingerprint density at radius 2 is 2.32 bits per heavy atom. The fourth-order valence-electron chi connectivity index (χ4n) is 1.52. The van der Waals surface area contributed by atoms with Crippen molar-refractivity contribution in [1.29, 1.82) is 0 Å². The molecule has 0 saturated heterocycles. The van der Waals surface area contributed by atoms with Crippen LogP contribution in [0.3, 0.4) is 0 Å². The Morgan fingerprint density at radius 1 is 1.53 bits per heavy atom. The summed E-state index contributed by atoms with van der Waals surface area (Å²) < 4.78 is 1.67. The van der Waals surface area contributed by atoms with E-state index in [0.717, 1.165) is 10.1 Å². The molecule has 0 bridgehead atoms. The van der Waals surface area contributed by atoms with Gasteiger partial charge < -0.3 is 11.1 Å². The number of hydrogen-bond acceptors (Lipinski definition) is 5. The van der Waals surface area contributed by atoms with Crippen molar-refractivity contribution in [2.45, 2.75) is 17.0 Å². The van der Waals surface area contributed by atoms with Gasteiger partial charge in [0.2, 0.25) is 0 Å². The van der Waals surface area contributed by atoms with Crippen LogP contribution in [0.25, 0.3) is 0 Å². The van der Waals surface area contributed by atoms with E-state index in [0.29, 0.717) is 17.8 Å². The number of carbonyl (C=O) groups is 1. The Balaban J connectivity index is 2.20. The molecule has 0 aliphatic rings. The van der Waals surface area contributed by atoms with E-state index < -0.39 is 0 Å². The summed E-state index contributed by atoms with van der Waals surface area (Å²) in [6, 6.07) is 5.24. The lowest BCUT2D eigenvalue weighted by atomic mass is 10.2. The molecule has 1 aromatic carbocycles. The summed E-state index contributed by atoms with van der Waals surface area (Å²) in [7, 11) is 1.81. The zero-order valence-corrected chi connectivity index (χ0v) is 11.6. The monoisotopic (exact) mass is 277 g/mol. The van der Waals surface area contributed by atoms with Gasteiger partial charge in [-0.25, -0.2) is 9.67 Å². The predicted molar refractivity (Wildman–Crippen MR) is 74.0 cm³/mol. The summed E-state index contributed by atoms with van der Waals surface area (Å²) in [6.07, 6.45) is 1.49. The van der Waals surface area contributed by atoms with Crippen molar-refractivity contribution < 1.29 is 4.79 Å². The molecule has 0 atom stereocenters. The number of anilines is 1. The van der Waals surface area contributed by atoms with Gasteiger partial charge in [0.15, 0.2) is 5.16 Å². The first kappa shape index (κ1) is 13.4. The molecule has 0 aliphatic carbocycles. The van der Waals surface area contributed by atoms with Crippen molar-refractivity contribution in [2.75, 3.05) is 12.3 Å². The van der Waals surface area contributed by atoms with Gasteiger partial charge in [-0.2, -0.15) is 5.10 Å². The normalized spacial score (nSPS) is 10.4. The van der Waals surface area contributed by atoms with Gasteiger partial charge in [0.05, 0.1) is 0 Å². The van der Waals surface area contributed by atoms with Crippen LogP contribution < -0.4 is 11.1 Å². The minimum absolute atomic E-state index is 0.121. The van der Waals surface area contributed by atoms with Crippen molar-refractivity contribution >= 4 is 23.4 Å². The molecule has 1 aromatic heterocycles. The maximum absolute atomic E-state index is 11.7. The molecule has 0 radical (unpaired) electrons.